The van der Waals surface area contributed by atoms with Crippen LogP contribution in [0.2, 0.25) is 0 Å². The fourth-order valence-corrected chi connectivity index (χ4v) is 1.65. The third-order valence-corrected chi connectivity index (χ3v) is 2.84. The molecule has 0 spiro atoms. The Kier molecular flexibility index (Phi) is 6.10. The Bertz CT molecular complexity index is 546. The van der Waals surface area contributed by atoms with Gasteiger partial charge in [0, 0.05) is 12.1 Å². The van der Waals surface area contributed by atoms with Crippen LogP contribution in [0.3, 0.4) is 0 Å². The number of benzene rings is 1. The number of nitrogens with one attached hydrogen (secondary N) is 1. The highest BCUT2D eigenvalue weighted by Gasteiger charge is 2.22. The predicted molar refractivity (Wildman–Crippen MR) is 74.6 cm³/mol. The number of halogens is 1. The minimum Gasteiger partial charge on any atom is -0.504 e. The summed E-state index contributed by atoms with van der Waals surface area (Å²) in [5.41, 5.74) is -0.212. The van der Waals surface area contributed by atoms with Gasteiger partial charge < -0.3 is 25.4 Å². The average molecular weight is 318 g/mol. The highest BCUT2D eigenvalue weighted by molar-refractivity contribution is 6.27. The van der Waals surface area contributed by atoms with Gasteiger partial charge in [-0.25, -0.2) is 4.79 Å². The first-order chi connectivity index (χ1) is 9.92. The van der Waals surface area contributed by atoms with Crippen LogP contribution in [0.4, 0.5) is 0 Å². The summed E-state index contributed by atoms with van der Waals surface area (Å²) in [5.74, 6) is -3.73. The smallest absolute Gasteiger partial charge is 0.338 e. The summed E-state index contributed by atoms with van der Waals surface area (Å²) < 4.78 is 4.92. The molecule has 1 aromatic carbocycles. The summed E-state index contributed by atoms with van der Waals surface area (Å²) in [4.78, 5) is 23.0. The van der Waals surface area contributed by atoms with Crippen molar-refractivity contribution in [3.63, 3.8) is 0 Å². The number of ether oxygens (including phenoxy) is 1. The number of carbonyl (C=O) groups excluding carboxylic acids is 2. The number of carbonyl (C=O) groups is 2. The molecule has 0 saturated carbocycles. The van der Waals surface area contributed by atoms with E-state index in [-0.39, 0.29) is 30.2 Å². The van der Waals surface area contributed by atoms with Gasteiger partial charge in [-0.3, -0.25) is 4.79 Å². The number of esters is 1. The quantitative estimate of drug-likeness (QED) is 0.356. The van der Waals surface area contributed by atoms with Crippen LogP contribution in [0.25, 0.3) is 0 Å². The van der Waals surface area contributed by atoms with E-state index >= 15 is 0 Å². The molecule has 0 aliphatic rings. The summed E-state index contributed by atoms with van der Waals surface area (Å²) in [7, 11) is 0. The molecule has 0 aliphatic carbocycles. The second kappa shape index (κ2) is 7.58. The maximum absolute atomic E-state index is 11.9. The van der Waals surface area contributed by atoms with Gasteiger partial charge in [0.2, 0.25) is 11.7 Å². The van der Waals surface area contributed by atoms with E-state index in [9.17, 15) is 24.9 Å². The standard InChI is InChI=1S/C13H16ClNO6/c1-2-3-21-13(20)7-4-9(16)12(19)11(18)8(7)6-15-10(17)5-14/h4,16,18-19H,2-3,5-6H2,1H3,(H,15,17). The van der Waals surface area contributed by atoms with Crippen molar-refractivity contribution < 1.29 is 29.6 Å². The van der Waals surface area contributed by atoms with Gasteiger partial charge >= 0.3 is 5.97 Å². The van der Waals surface area contributed by atoms with E-state index < -0.39 is 29.1 Å². The molecule has 0 unspecified atom stereocenters. The number of alkyl halides is 1. The molecule has 1 amide bonds. The van der Waals surface area contributed by atoms with Crippen molar-refractivity contribution in [1.82, 2.24) is 5.32 Å². The zero-order valence-electron chi connectivity index (χ0n) is 11.4. The molecule has 7 nitrogen and oxygen atoms in total. The molecular formula is C13H16ClNO6. The highest BCUT2D eigenvalue weighted by Crippen LogP contribution is 2.39. The molecule has 0 aromatic heterocycles. The fourth-order valence-electron chi connectivity index (χ4n) is 1.55. The molecule has 116 valence electrons. The summed E-state index contributed by atoms with van der Waals surface area (Å²) in [5, 5.41) is 31.2. The van der Waals surface area contributed by atoms with Crippen molar-refractivity contribution in [2.45, 2.75) is 19.9 Å². The zero-order chi connectivity index (χ0) is 16.0. The van der Waals surface area contributed by atoms with Crippen LogP contribution < -0.4 is 5.32 Å². The lowest BCUT2D eigenvalue weighted by molar-refractivity contribution is -0.118. The molecule has 0 heterocycles. The van der Waals surface area contributed by atoms with Crippen LogP contribution in [-0.2, 0) is 16.1 Å². The predicted octanol–water partition coefficient (Wildman–Crippen LogP) is 1.23. The van der Waals surface area contributed by atoms with Crippen molar-refractivity contribution in [1.29, 1.82) is 0 Å². The molecule has 0 saturated heterocycles. The van der Waals surface area contributed by atoms with Gasteiger partial charge in [-0.1, -0.05) is 6.92 Å². The van der Waals surface area contributed by atoms with Crippen molar-refractivity contribution in [2.75, 3.05) is 12.5 Å². The van der Waals surface area contributed by atoms with E-state index in [2.05, 4.69) is 5.32 Å². The molecular weight excluding hydrogens is 302 g/mol. The Morgan fingerprint density at radius 3 is 2.52 bits per heavy atom. The molecule has 0 radical (unpaired) electrons. The summed E-state index contributed by atoms with van der Waals surface area (Å²) in [6, 6.07) is 0.967. The first-order valence-electron chi connectivity index (χ1n) is 6.18. The van der Waals surface area contributed by atoms with Crippen molar-refractivity contribution in [3.05, 3.63) is 17.2 Å². The van der Waals surface area contributed by atoms with E-state index in [1.807, 2.05) is 0 Å². The lowest BCUT2D eigenvalue weighted by Crippen LogP contribution is -2.25. The van der Waals surface area contributed by atoms with Crippen LogP contribution in [0.15, 0.2) is 6.07 Å². The third kappa shape index (κ3) is 4.16. The number of aromatic hydroxyl groups is 3. The van der Waals surface area contributed by atoms with Crippen molar-refractivity contribution in [2.24, 2.45) is 0 Å². The largest absolute Gasteiger partial charge is 0.504 e. The maximum atomic E-state index is 11.9. The van der Waals surface area contributed by atoms with E-state index in [1.54, 1.807) is 6.92 Å². The maximum Gasteiger partial charge on any atom is 0.338 e. The Morgan fingerprint density at radius 1 is 1.29 bits per heavy atom. The van der Waals surface area contributed by atoms with E-state index in [0.717, 1.165) is 6.07 Å². The number of phenols is 3. The molecule has 21 heavy (non-hydrogen) atoms. The van der Waals surface area contributed by atoms with Crippen molar-refractivity contribution >= 4 is 23.5 Å². The number of phenolic OH excluding ortho intramolecular Hbond substituents is 3. The number of rotatable bonds is 6. The number of amides is 1. The lowest BCUT2D eigenvalue weighted by Gasteiger charge is -2.14. The SMILES string of the molecule is CCCOC(=O)c1cc(O)c(O)c(O)c1CNC(=O)CCl. The molecule has 0 bridgehead atoms. The van der Waals surface area contributed by atoms with Crippen molar-refractivity contribution in [3.8, 4) is 17.2 Å². The zero-order valence-corrected chi connectivity index (χ0v) is 12.1. The minimum atomic E-state index is -0.780. The molecule has 4 N–H and O–H groups in total. The van der Waals surface area contributed by atoms with Gasteiger partial charge in [0.15, 0.2) is 11.5 Å². The monoisotopic (exact) mass is 317 g/mol. The Hall–Kier alpha value is -2.15. The third-order valence-electron chi connectivity index (χ3n) is 2.60. The topological polar surface area (TPSA) is 116 Å². The summed E-state index contributed by atoms with van der Waals surface area (Å²) in [6.07, 6.45) is 0.597. The Labute approximate surface area is 126 Å². The van der Waals surface area contributed by atoms with Gasteiger partial charge in [0.1, 0.15) is 5.88 Å². The average Bonchev–Trinajstić information content (AvgIpc) is 2.48. The van der Waals surface area contributed by atoms with E-state index in [4.69, 9.17) is 16.3 Å². The second-order valence-corrected chi connectivity index (χ2v) is 4.43. The molecule has 8 heteroatoms. The van der Waals surface area contributed by atoms with E-state index in [0.29, 0.717) is 6.42 Å². The highest BCUT2D eigenvalue weighted by atomic mass is 35.5. The molecule has 1 aromatic rings. The van der Waals surface area contributed by atoms with Crippen LogP contribution in [0.1, 0.15) is 29.3 Å². The normalized spacial score (nSPS) is 10.2. The number of hydrogen-bond acceptors (Lipinski definition) is 6. The molecule has 0 fully saturated rings. The first-order valence-corrected chi connectivity index (χ1v) is 6.72. The Balaban J connectivity index is 3.14. The Morgan fingerprint density at radius 2 is 1.95 bits per heavy atom. The van der Waals surface area contributed by atoms with Gasteiger partial charge in [-0.05, 0) is 12.5 Å². The fraction of sp³-hybridized carbons (Fsp3) is 0.385. The molecule has 0 atom stereocenters. The summed E-state index contributed by atoms with van der Waals surface area (Å²) >= 11 is 5.33. The van der Waals surface area contributed by atoms with Gasteiger partial charge in [0.05, 0.1) is 12.2 Å². The van der Waals surface area contributed by atoms with Crippen LogP contribution >= 0.6 is 11.6 Å². The number of hydrogen-bond donors (Lipinski definition) is 4. The molecule has 0 aliphatic heterocycles. The minimum absolute atomic E-state index is 0.0649. The van der Waals surface area contributed by atoms with E-state index in [1.165, 1.54) is 0 Å². The van der Waals surface area contributed by atoms with Crippen LogP contribution in [0.5, 0.6) is 17.2 Å². The second-order valence-electron chi connectivity index (χ2n) is 4.17. The van der Waals surface area contributed by atoms with Gasteiger partial charge in [-0.15, -0.1) is 11.6 Å². The van der Waals surface area contributed by atoms with Gasteiger partial charge in [0.25, 0.3) is 0 Å². The first kappa shape index (κ1) is 16.9. The molecule has 1 rings (SSSR count). The van der Waals surface area contributed by atoms with Gasteiger partial charge in [-0.2, -0.15) is 0 Å². The van der Waals surface area contributed by atoms with Crippen LogP contribution in [-0.4, -0.2) is 39.7 Å². The lowest BCUT2D eigenvalue weighted by atomic mass is 10.0. The summed E-state index contributed by atoms with van der Waals surface area (Å²) in [6.45, 7) is 1.72. The van der Waals surface area contributed by atoms with Crippen LogP contribution in [0, 0.1) is 0 Å².